The summed E-state index contributed by atoms with van der Waals surface area (Å²) in [7, 11) is 1.32. The summed E-state index contributed by atoms with van der Waals surface area (Å²) in [5.41, 5.74) is 7.54. The minimum absolute atomic E-state index is 0.00386. The van der Waals surface area contributed by atoms with Crippen molar-refractivity contribution in [3.63, 3.8) is 0 Å². The van der Waals surface area contributed by atoms with E-state index in [1.807, 2.05) is 0 Å². The van der Waals surface area contributed by atoms with Crippen molar-refractivity contribution in [2.24, 2.45) is 0 Å². The summed E-state index contributed by atoms with van der Waals surface area (Å²) in [6, 6.07) is 7.49. The summed E-state index contributed by atoms with van der Waals surface area (Å²) in [6.07, 6.45) is 0. The van der Waals surface area contributed by atoms with Crippen LogP contribution in [0, 0.1) is 10.1 Å². The van der Waals surface area contributed by atoms with Gasteiger partial charge in [0.1, 0.15) is 5.82 Å². The molecule has 4 N–H and O–H groups in total. The Kier molecular flexibility index (Phi) is 3.06. The Morgan fingerprint density at radius 3 is 2.82 bits per heavy atom. The molecule has 1 heterocycles. The summed E-state index contributed by atoms with van der Waals surface area (Å²) >= 11 is 0. The van der Waals surface area contributed by atoms with E-state index in [-0.39, 0.29) is 22.7 Å². The molecule has 0 aliphatic carbocycles. The Hall–Kier alpha value is -3.29. The molecule has 0 spiro atoms. The van der Waals surface area contributed by atoms with Crippen molar-refractivity contribution in [3.05, 3.63) is 40.4 Å². The number of imidazole rings is 1. The molecule has 0 unspecified atom stereocenters. The number of non-ortho nitro benzene ring substituents is 1. The molecule has 3 rings (SSSR count). The predicted octanol–water partition coefficient (Wildman–Crippen LogP) is 2.43. The first-order valence-corrected chi connectivity index (χ1v) is 6.30. The van der Waals surface area contributed by atoms with Crippen LogP contribution < -0.4 is 10.5 Å². The number of nitrogens with one attached hydrogen (secondary N) is 1. The molecular weight excluding hydrogens is 288 g/mol. The van der Waals surface area contributed by atoms with Crippen molar-refractivity contribution in [3.8, 4) is 22.9 Å². The van der Waals surface area contributed by atoms with Crippen LogP contribution in [0.3, 0.4) is 0 Å². The molecule has 0 bridgehead atoms. The largest absolute Gasteiger partial charge is 0.504 e. The number of benzene rings is 2. The topological polar surface area (TPSA) is 127 Å². The summed E-state index contributed by atoms with van der Waals surface area (Å²) in [4.78, 5) is 17.7. The number of hydrogen-bond donors (Lipinski definition) is 3. The molecule has 112 valence electrons. The number of rotatable bonds is 3. The van der Waals surface area contributed by atoms with E-state index in [0.29, 0.717) is 22.5 Å². The minimum Gasteiger partial charge on any atom is -0.504 e. The number of phenolic OH excluding ortho intramolecular Hbond substituents is 1. The lowest BCUT2D eigenvalue weighted by Gasteiger charge is -2.07. The van der Waals surface area contributed by atoms with Gasteiger partial charge in [0, 0.05) is 11.8 Å². The van der Waals surface area contributed by atoms with Crippen LogP contribution in [-0.4, -0.2) is 27.1 Å². The van der Waals surface area contributed by atoms with Crippen LogP contribution in [-0.2, 0) is 0 Å². The standard InChI is InChI=1S/C14H12N4O4/c1-22-12-6-8(18(20)21)5-9(13(12)19)14-16-10-3-2-7(15)4-11(10)17-14/h2-6,19H,15H2,1H3,(H,16,17). The van der Waals surface area contributed by atoms with E-state index in [0.717, 1.165) is 6.07 Å². The Morgan fingerprint density at radius 2 is 2.14 bits per heavy atom. The Labute approximate surface area is 124 Å². The third-order valence-electron chi connectivity index (χ3n) is 3.25. The molecule has 1 aromatic heterocycles. The molecule has 0 aliphatic rings. The van der Waals surface area contributed by atoms with E-state index < -0.39 is 4.92 Å². The van der Waals surface area contributed by atoms with Gasteiger partial charge in [-0.25, -0.2) is 4.98 Å². The zero-order valence-electron chi connectivity index (χ0n) is 11.5. The number of phenols is 1. The van der Waals surface area contributed by atoms with Crippen LogP contribution in [0.15, 0.2) is 30.3 Å². The Balaban J connectivity index is 2.24. The fourth-order valence-corrected chi connectivity index (χ4v) is 2.19. The van der Waals surface area contributed by atoms with E-state index in [1.54, 1.807) is 18.2 Å². The number of aromatic nitrogens is 2. The lowest BCUT2D eigenvalue weighted by atomic mass is 10.1. The number of nitro groups is 1. The summed E-state index contributed by atoms with van der Waals surface area (Å²) in [6.45, 7) is 0. The van der Waals surface area contributed by atoms with Gasteiger partial charge in [-0.2, -0.15) is 0 Å². The molecule has 0 fully saturated rings. The number of anilines is 1. The van der Waals surface area contributed by atoms with Crippen molar-refractivity contribution in [1.82, 2.24) is 9.97 Å². The number of aromatic amines is 1. The number of aromatic hydroxyl groups is 1. The number of H-pyrrole nitrogens is 1. The number of nitrogen functional groups attached to an aromatic ring is 1. The number of methoxy groups -OCH3 is 1. The normalized spacial score (nSPS) is 10.8. The average molecular weight is 300 g/mol. The molecule has 2 aromatic carbocycles. The second-order valence-electron chi connectivity index (χ2n) is 4.66. The molecule has 8 heteroatoms. The zero-order chi connectivity index (χ0) is 15.9. The maximum Gasteiger partial charge on any atom is 0.274 e. The maximum atomic E-state index is 11.0. The van der Waals surface area contributed by atoms with E-state index in [1.165, 1.54) is 13.2 Å². The van der Waals surface area contributed by atoms with Gasteiger partial charge in [0.25, 0.3) is 5.69 Å². The highest BCUT2D eigenvalue weighted by atomic mass is 16.6. The highest BCUT2D eigenvalue weighted by molar-refractivity contribution is 5.84. The van der Waals surface area contributed by atoms with Gasteiger partial charge in [-0.15, -0.1) is 0 Å². The molecule has 0 amide bonds. The summed E-state index contributed by atoms with van der Waals surface area (Å²) < 4.78 is 4.98. The second-order valence-corrected chi connectivity index (χ2v) is 4.66. The molecule has 3 aromatic rings. The van der Waals surface area contributed by atoms with Crippen LogP contribution in [0.2, 0.25) is 0 Å². The molecule has 0 radical (unpaired) electrons. The Morgan fingerprint density at radius 1 is 1.36 bits per heavy atom. The van der Waals surface area contributed by atoms with Gasteiger partial charge in [0.2, 0.25) is 0 Å². The molecule has 0 saturated carbocycles. The fraction of sp³-hybridized carbons (Fsp3) is 0.0714. The van der Waals surface area contributed by atoms with Crippen LogP contribution in [0.25, 0.3) is 22.4 Å². The molecule has 0 aliphatic heterocycles. The van der Waals surface area contributed by atoms with E-state index in [9.17, 15) is 15.2 Å². The van der Waals surface area contributed by atoms with Crippen LogP contribution in [0.5, 0.6) is 11.5 Å². The van der Waals surface area contributed by atoms with E-state index in [4.69, 9.17) is 10.5 Å². The van der Waals surface area contributed by atoms with Gasteiger partial charge in [-0.05, 0) is 18.2 Å². The van der Waals surface area contributed by atoms with Crippen LogP contribution in [0.1, 0.15) is 0 Å². The number of fused-ring (bicyclic) bond motifs is 1. The lowest BCUT2D eigenvalue weighted by Crippen LogP contribution is -1.93. The molecule has 0 saturated heterocycles. The second kappa shape index (κ2) is 4.92. The van der Waals surface area contributed by atoms with Gasteiger partial charge in [-0.1, -0.05) is 0 Å². The minimum atomic E-state index is -0.563. The first kappa shape index (κ1) is 13.7. The predicted molar refractivity (Wildman–Crippen MR) is 80.8 cm³/mol. The lowest BCUT2D eigenvalue weighted by molar-refractivity contribution is -0.384. The first-order chi connectivity index (χ1) is 10.5. The molecule has 22 heavy (non-hydrogen) atoms. The third kappa shape index (κ3) is 2.16. The molecule has 0 atom stereocenters. The number of hydrogen-bond acceptors (Lipinski definition) is 6. The number of nitro benzene ring substituents is 1. The number of nitrogens with two attached hydrogens (primary N) is 1. The third-order valence-corrected chi connectivity index (χ3v) is 3.25. The summed E-state index contributed by atoms with van der Waals surface area (Å²) in [5.74, 6) is 0.0735. The fourth-order valence-electron chi connectivity index (χ4n) is 2.19. The highest BCUT2D eigenvalue weighted by Crippen LogP contribution is 2.40. The van der Waals surface area contributed by atoms with Crippen molar-refractivity contribution in [2.45, 2.75) is 0 Å². The first-order valence-electron chi connectivity index (χ1n) is 6.30. The van der Waals surface area contributed by atoms with Crippen molar-refractivity contribution < 1.29 is 14.8 Å². The van der Waals surface area contributed by atoms with Crippen molar-refractivity contribution in [2.75, 3.05) is 12.8 Å². The summed E-state index contributed by atoms with van der Waals surface area (Å²) in [5, 5.41) is 21.2. The van der Waals surface area contributed by atoms with Gasteiger partial charge < -0.3 is 20.6 Å². The zero-order valence-corrected chi connectivity index (χ0v) is 11.5. The van der Waals surface area contributed by atoms with Crippen molar-refractivity contribution in [1.29, 1.82) is 0 Å². The van der Waals surface area contributed by atoms with Gasteiger partial charge in [0.15, 0.2) is 11.5 Å². The average Bonchev–Trinajstić information content (AvgIpc) is 2.89. The van der Waals surface area contributed by atoms with E-state index >= 15 is 0 Å². The molecular formula is C14H12N4O4. The number of nitrogens with zero attached hydrogens (tertiary/aromatic N) is 2. The van der Waals surface area contributed by atoms with Gasteiger partial charge in [-0.3, -0.25) is 10.1 Å². The molecule has 8 nitrogen and oxygen atoms in total. The maximum absolute atomic E-state index is 11.0. The smallest absolute Gasteiger partial charge is 0.274 e. The quantitative estimate of drug-likeness (QED) is 0.387. The van der Waals surface area contributed by atoms with Gasteiger partial charge >= 0.3 is 0 Å². The Bertz CT molecular complexity index is 888. The number of ether oxygens (including phenoxy) is 1. The van der Waals surface area contributed by atoms with Gasteiger partial charge in [0.05, 0.1) is 34.7 Å². The monoisotopic (exact) mass is 300 g/mol. The van der Waals surface area contributed by atoms with Crippen LogP contribution >= 0.6 is 0 Å². The van der Waals surface area contributed by atoms with E-state index in [2.05, 4.69) is 9.97 Å². The van der Waals surface area contributed by atoms with Crippen molar-refractivity contribution >= 4 is 22.4 Å². The SMILES string of the molecule is COc1cc([N+](=O)[O-])cc(-c2nc3ccc(N)cc3[nH]2)c1O. The van der Waals surface area contributed by atoms with Crippen LogP contribution in [0.4, 0.5) is 11.4 Å². The highest BCUT2D eigenvalue weighted by Gasteiger charge is 2.20.